The number of carbonyl (C=O) groups is 1. The molecular formula is C10H13NOS. The lowest BCUT2D eigenvalue weighted by Gasteiger charge is -2.03. The molecule has 3 heteroatoms. The number of thioether (sulfide) groups is 1. The molecule has 1 atom stereocenters. The van der Waals surface area contributed by atoms with Crippen LogP contribution >= 0.6 is 11.8 Å². The van der Waals surface area contributed by atoms with Gasteiger partial charge in [0, 0.05) is 11.5 Å². The smallest absolute Gasteiger partial charge is 0.137 e. The molecule has 2 nitrogen and oxygen atoms in total. The number of carbonyl (C=O) groups excluding carboxylic acids is 1. The van der Waals surface area contributed by atoms with Crippen LogP contribution in [0.1, 0.15) is 5.56 Å². The molecule has 13 heavy (non-hydrogen) atoms. The zero-order chi connectivity index (χ0) is 9.52. The number of rotatable bonds is 5. The second-order valence-corrected chi connectivity index (χ2v) is 3.83. The molecule has 0 heterocycles. The Hall–Kier alpha value is -0.800. The highest BCUT2D eigenvalue weighted by Crippen LogP contribution is 2.11. The van der Waals surface area contributed by atoms with E-state index in [-0.39, 0.29) is 6.04 Å². The molecule has 0 aromatic heterocycles. The summed E-state index contributed by atoms with van der Waals surface area (Å²) in [5.41, 5.74) is 6.72. The van der Waals surface area contributed by atoms with Crippen LogP contribution in [0.5, 0.6) is 0 Å². The molecule has 0 fully saturated rings. The van der Waals surface area contributed by atoms with Gasteiger partial charge in [-0.15, -0.1) is 0 Å². The van der Waals surface area contributed by atoms with Crippen molar-refractivity contribution >= 4 is 18.0 Å². The van der Waals surface area contributed by atoms with Gasteiger partial charge in [-0.3, -0.25) is 0 Å². The Kier molecular flexibility index (Phi) is 4.57. The molecule has 0 unspecified atom stereocenters. The van der Waals surface area contributed by atoms with Crippen molar-refractivity contribution in [1.82, 2.24) is 0 Å². The molecule has 0 aliphatic heterocycles. The Labute approximate surface area is 82.5 Å². The van der Waals surface area contributed by atoms with E-state index in [1.54, 1.807) is 11.8 Å². The molecule has 0 spiro atoms. The van der Waals surface area contributed by atoms with E-state index in [0.29, 0.717) is 5.75 Å². The first-order chi connectivity index (χ1) is 6.33. The summed E-state index contributed by atoms with van der Waals surface area (Å²) in [6, 6.07) is 9.82. The third kappa shape index (κ3) is 4.10. The van der Waals surface area contributed by atoms with Crippen LogP contribution in [0, 0.1) is 0 Å². The van der Waals surface area contributed by atoms with Gasteiger partial charge in [-0.1, -0.05) is 30.3 Å². The fourth-order valence-electron chi connectivity index (χ4n) is 0.926. The minimum absolute atomic E-state index is 0.325. The van der Waals surface area contributed by atoms with Gasteiger partial charge in [0.05, 0.1) is 6.04 Å². The van der Waals surface area contributed by atoms with Gasteiger partial charge in [-0.25, -0.2) is 0 Å². The molecule has 0 saturated heterocycles. The molecule has 1 aromatic rings. The molecular weight excluding hydrogens is 182 g/mol. The minimum Gasteiger partial charge on any atom is -0.321 e. The Bertz CT molecular complexity index is 250. The molecule has 1 aromatic carbocycles. The first-order valence-electron chi connectivity index (χ1n) is 4.15. The van der Waals surface area contributed by atoms with Crippen LogP contribution in [-0.2, 0) is 10.5 Å². The Morgan fingerprint density at radius 1 is 1.38 bits per heavy atom. The quantitative estimate of drug-likeness (QED) is 0.723. The summed E-state index contributed by atoms with van der Waals surface area (Å²) in [5.74, 6) is 1.61. The van der Waals surface area contributed by atoms with Gasteiger partial charge in [0.1, 0.15) is 6.29 Å². The summed E-state index contributed by atoms with van der Waals surface area (Å²) in [7, 11) is 0. The Balaban J connectivity index is 2.24. The summed E-state index contributed by atoms with van der Waals surface area (Å²) in [5, 5.41) is 0. The van der Waals surface area contributed by atoms with Crippen LogP contribution in [0.4, 0.5) is 0 Å². The molecule has 70 valence electrons. The van der Waals surface area contributed by atoms with E-state index in [1.165, 1.54) is 5.56 Å². The normalized spacial score (nSPS) is 12.4. The van der Waals surface area contributed by atoms with Crippen LogP contribution in [0.25, 0.3) is 0 Å². The molecule has 1 rings (SSSR count). The second kappa shape index (κ2) is 5.78. The van der Waals surface area contributed by atoms with Crippen molar-refractivity contribution in [2.24, 2.45) is 5.73 Å². The molecule has 0 amide bonds. The maximum atomic E-state index is 10.2. The van der Waals surface area contributed by atoms with Crippen molar-refractivity contribution in [3.05, 3.63) is 35.9 Å². The second-order valence-electron chi connectivity index (χ2n) is 2.80. The van der Waals surface area contributed by atoms with Gasteiger partial charge >= 0.3 is 0 Å². The van der Waals surface area contributed by atoms with Crippen LogP contribution in [0.2, 0.25) is 0 Å². The number of hydrogen-bond donors (Lipinski definition) is 1. The number of nitrogens with two attached hydrogens (primary N) is 1. The molecule has 2 N–H and O–H groups in total. The fraction of sp³-hybridized carbons (Fsp3) is 0.300. The maximum absolute atomic E-state index is 10.2. The fourth-order valence-corrected chi connectivity index (χ4v) is 1.82. The highest BCUT2D eigenvalue weighted by Gasteiger charge is 1.99. The van der Waals surface area contributed by atoms with Gasteiger partial charge < -0.3 is 10.5 Å². The van der Waals surface area contributed by atoms with Gasteiger partial charge in [0.15, 0.2) is 0 Å². The van der Waals surface area contributed by atoms with Crippen LogP contribution in [-0.4, -0.2) is 18.1 Å². The first-order valence-corrected chi connectivity index (χ1v) is 5.31. The molecule has 0 radical (unpaired) electrons. The third-order valence-electron chi connectivity index (χ3n) is 1.60. The van der Waals surface area contributed by atoms with Gasteiger partial charge in [0.2, 0.25) is 0 Å². The van der Waals surface area contributed by atoms with Crippen molar-refractivity contribution < 1.29 is 4.79 Å². The topological polar surface area (TPSA) is 43.1 Å². The molecule has 0 aliphatic rings. The van der Waals surface area contributed by atoms with E-state index in [2.05, 4.69) is 12.1 Å². The standard InChI is InChI=1S/C10H13NOS/c11-10(6-12)8-13-7-9-4-2-1-3-5-9/h1-6,10H,7-8,11H2/t10-/m1/s1. The van der Waals surface area contributed by atoms with Crippen molar-refractivity contribution in [1.29, 1.82) is 0 Å². The lowest BCUT2D eigenvalue weighted by molar-refractivity contribution is -0.108. The third-order valence-corrected chi connectivity index (χ3v) is 2.75. The van der Waals surface area contributed by atoms with Crippen LogP contribution in [0.3, 0.4) is 0 Å². The zero-order valence-electron chi connectivity index (χ0n) is 7.35. The highest BCUT2D eigenvalue weighted by molar-refractivity contribution is 7.98. The number of benzene rings is 1. The summed E-state index contributed by atoms with van der Waals surface area (Å²) >= 11 is 1.68. The highest BCUT2D eigenvalue weighted by atomic mass is 32.2. The lowest BCUT2D eigenvalue weighted by Crippen LogP contribution is -2.24. The average molecular weight is 195 g/mol. The summed E-state index contributed by atoms with van der Waals surface area (Å²) < 4.78 is 0. The largest absolute Gasteiger partial charge is 0.321 e. The minimum atomic E-state index is -0.325. The monoisotopic (exact) mass is 195 g/mol. The van der Waals surface area contributed by atoms with Gasteiger partial charge in [-0.05, 0) is 5.56 Å². The van der Waals surface area contributed by atoms with E-state index in [9.17, 15) is 4.79 Å². The summed E-state index contributed by atoms with van der Waals surface area (Å²) in [4.78, 5) is 10.2. The molecule has 0 bridgehead atoms. The SMILES string of the molecule is N[C@H](C=O)CSCc1ccccc1. The van der Waals surface area contributed by atoms with E-state index >= 15 is 0 Å². The van der Waals surface area contributed by atoms with Crippen LogP contribution < -0.4 is 5.73 Å². The van der Waals surface area contributed by atoms with Gasteiger partial charge in [0.25, 0.3) is 0 Å². The lowest BCUT2D eigenvalue weighted by atomic mass is 10.2. The van der Waals surface area contributed by atoms with Crippen molar-refractivity contribution in [2.75, 3.05) is 5.75 Å². The summed E-state index contributed by atoms with van der Waals surface area (Å²) in [6.07, 6.45) is 0.790. The maximum Gasteiger partial charge on any atom is 0.137 e. The predicted molar refractivity (Wildman–Crippen MR) is 56.6 cm³/mol. The van der Waals surface area contributed by atoms with Crippen LogP contribution in [0.15, 0.2) is 30.3 Å². The van der Waals surface area contributed by atoms with E-state index in [4.69, 9.17) is 5.73 Å². The van der Waals surface area contributed by atoms with E-state index in [1.807, 2.05) is 18.2 Å². The average Bonchev–Trinajstić information content (AvgIpc) is 2.19. The number of hydrogen-bond acceptors (Lipinski definition) is 3. The van der Waals surface area contributed by atoms with Crippen molar-refractivity contribution in [2.45, 2.75) is 11.8 Å². The molecule has 0 aliphatic carbocycles. The Morgan fingerprint density at radius 3 is 2.69 bits per heavy atom. The summed E-state index contributed by atoms with van der Waals surface area (Å²) in [6.45, 7) is 0. The van der Waals surface area contributed by atoms with Crippen molar-refractivity contribution in [3.63, 3.8) is 0 Å². The first kappa shape index (κ1) is 10.3. The van der Waals surface area contributed by atoms with E-state index in [0.717, 1.165) is 12.0 Å². The van der Waals surface area contributed by atoms with Gasteiger partial charge in [-0.2, -0.15) is 11.8 Å². The zero-order valence-corrected chi connectivity index (χ0v) is 8.17. The molecule has 0 saturated carbocycles. The van der Waals surface area contributed by atoms with Crippen molar-refractivity contribution in [3.8, 4) is 0 Å². The predicted octanol–water partition coefficient (Wildman–Crippen LogP) is 1.45. The van der Waals surface area contributed by atoms with E-state index < -0.39 is 0 Å². The number of aldehydes is 1. The Morgan fingerprint density at radius 2 is 2.08 bits per heavy atom.